The zero-order chi connectivity index (χ0) is 59.8. The zero-order valence-corrected chi connectivity index (χ0v) is 53.8. The molecule has 0 heterocycles. The van der Waals surface area contributed by atoms with Crippen LogP contribution in [0.5, 0.6) is 0 Å². The largest absolute Gasteiger partial charge is 0.472 e. The highest BCUT2D eigenvalue weighted by Crippen LogP contribution is 2.43. The summed E-state index contributed by atoms with van der Waals surface area (Å²) < 4.78 is 39.7. The van der Waals surface area contributed by atoms with E-state index in [0.717, 1.165) is 77.0 Å². The Morgan fingerprint density at radius 3 is 0.976 bits per heavy atom. The molecule has 0 bridgehead atoms. The van der Waals surface area contributed by atoms with Gasteiger partial charge in [-0.1, -0.05) is 312 Å². The normalized spacial score (nSPS) is 13.7. The van der Waals surface area contributed by atoms with Crippen LogP contribution >= 0.6 is 7.82 Å². The molecule has 0 saturated heterocycles. The molecule has 0 amide bonds. The van der Waals surface area contributed by atoms with Gasteiger partial charge in [-0.05, 0) is 57.8 Å². The molecule has 11 nitrogen and oxygen atoms in total. The first-order valence-electron chi connectivity index (χ1n) is 33.8. The third-order valence-corrected chi connectivity index (χ3v) is 15.6. The summed E-state index contributed by atoms with van der Waals surface area (Å²) in [6.45, 7) is 4.52. The highest BCUT2D eigenvalue weighted by molar-refractivity contribution is 7.47. The van der Waals surface area contributed by atoms with Crippen LogP contribution in [-0.4, -0.2) is 66.5 Å². The van der Waals surface area contributed by atoms with E-state index in [1.54, 1.807) is 0 Å². The smallest absolute Gasteiger partial charge is 0.462 e. The van der Waals surface area contributed by atoms with Crippen LogP contribution in [0.15, 0.2) is 72.9 Å². The summed E-state index contributed by atoms with van der Waals surface area (Å²) in [5.74, 6) is -1.55. The van der Waals surface area contributed by atoms with Gasteiger partial charge in [0.2, 0.25) is 0 Å². The van der Waals surface area contributed by atoms with Crippen LogP contribution < -0.4 is 0 Å². The van der Waals surface area contributed by atoms with Crippen LogP contribution in [0.2, 0.25) is 0 Å². The average molecular weight is 1170 g/mol. The summed E-state index contributed by atoms with van der Waals surface area (Å²) in [5.41, 5.74) is 0. The van der Waals surface area contributed by atoms with Gasteiger partial charge in [-0.25, -0.2) is 4.57 Å². The van der Waals surface area contributed by atoms with Gasteiger partial charge in [-0.15, -0.1) is 0 Å². The van der Waals surface area contributed by atoms with E-state index in [2.05, 4.69) is 81.5 Å². The van der Waals surface area contributed by atoms with Crippen molar-refractivity contribution < 1.29 is 52.2 Å². The van der Waals surface area contributed by atoms with E-state index in [1.807, 2.05) is 12.2 Å². The predicted molar refractivity (Wildman–Crippen MR) is 344 cm³/mol. The van der Waals surface area contributed by atoms with Crippen molar-refractivity contribution in [3.05, 3.63) is 72.9 Å². The van der Waals surface area contributed by atoms with Crippen molar-refractivity contribution in [2.75, 3.05) is 26.4 Å². The van der Waals surface area contributed by atoms with Gasteiger partial charge < -0.3 is 24.2 Å². The van der Waals surface area contributed by atoms with E-state index < -0.39 is 57.8 Å². The van der Waals surface area contributed by atoms with Gasteiger partial charge in [-0.3, -0.25) is 23.4 Å². The standard InChI is InChI=1S/C70H125O11P/c1-4-7-10-13-16-19-22-25-28-31-33-36-39-42-45-48-51-54-57-60-69(73)80-66(62-71)64-78-82(75,76)79-65-67(63-77-68(72)59-56-53-50-47-44-41-38-35-30-27-24-21-18-15-12-9-6-3)81-70(74)61-58-55-52-49-46-43-40-37-34-32-29-26-23-20-17-14-11-8-5-2/h8,11,17,20,26,29,34,37,43,46,52,55,66-67,71H,4-7,9-10,12-16,18-19,21-25,27-28,30-33,35-36,38-42,44-45,47-51,53-54,56-65H2,1-3H3,(H,75,76)/b11-8-,20-17-,29-26-,37-34-,46-43-,55-52-. The predicted octanol–water partition coefficient (Wildman–Crippen LogP) is 20.8. The summed E-state index contributed by atoms with van der Waals surface area (Å²) in [7, 11) is -4.77. The van der Waals surface area contributed by atoms with Crippen LogP contribution in [0.25, 0.3) is 0 Å². The van der Waals surface area contributed by atoms with Gasteiger partial charge in [0, 0.05) is 19.3 Å². The molecule has 3 unspecified atom stereocenters. The van der Waals surface area contributed by atoms with Crippen LogP contribution in [0.1, 0.15) is 316 Å². The molecule has 0 aromatic rings. The highest BCUT2D eigenvalue weighted by Gasteiger charge is 2.28. The number of phosphoric ester groups is 1. The lowest BCUT2D eigenvalue weighted by Gasteiger charge is -2.21. The molecule has 0 aromatic carbocycles. The van der Waals surface area contributed by atoms with Gasteiger partial charge in [-0.2, -0.15) is 0 Å². The molecule has 0 aliphatic heterocycles. The Morgan fingerprint density at radius 1 is 0.354 bits per heavy atom. The second-order valence-corrected chi connectivity index (χ2v) is 24.1. The number of esters is 3. The van der Waals surface area contributed by atoms with E-state index in [0.29, 0.717) is 19.3 Å². The summed E-state index contributed by atoms with van der Waals surface area (Å²) in [6.07, 6.45) is 74.4. The van der Waals surface area contributed by atoms with E-state index in [9.17, 15) is 28.9 Å². The van der Waals surface area contributed by atoms with E-state index in [-0.39, 0.29) is 25.9 Å². The number of hydrogen-bond acceptors (Lipinski definition) is 10. The SMILES string of the molecule is CC/C=C\C/C=C\C/C=C\C/C=C\C/C=C\C/C=C\CCC(=O)OC(COC(=O)CCCCCCCCCCCCCCCCCCC)COP(=O)(O)OCC(CO)OC(=O)CCCCCCCCCCCCCCCCCCCCC. The Kier molecular flexibility index (Phi) is 61.5. The molecule has 0 spiro atoms. The number of aliphatic hydroxyl groups excluding tert-OH is 1. The maximum atomic E-state index is 13.0. The highest BCUT2D eigenvalue weighted by atomic mass is 31.2. The molecule has 476 valence electrons. The van der Waals surface area contributed by atoms with Gasteiger partial charge >= 0.3 is 25.7 Å². The molecule has 0 saturated carbocycles. The van der Waals surface area contributed by atoms with Crippen LogP contribution in [0, 0.1) is 0 Å². The van der Waals surface area contributed by atoms with Crippen LogP contribution in [0.4, 0.5) is 0 Å². The van der Waals surface area contributed by atoms with Crippen LogP contribution in [0.3, 0.4) is 0 Å². The number of unbranched alkanes of at least 4 members (excludes halogenated alkanes) is 34. The molecule has 0 fully saturated rings. The van der Waals surface area contributed by atoms with E-state index in [1.165, 1.54) is 180 Å². The monoisotopic (exact) mass is 1170 g/mol. The number of carbonyl (C=O) groups is 3. The maximum absolute atomic E-state index is 13.0. The van der Waals surface area contributed by atoms with E-state index in [4.69, 9.17) is 23.3 Å². The molecule has 0 aliphatic rings. The van der Waals surface area contributed by atoms with Gasteiger partial charge in [0.05, 0.1) is 19.8 Å². The van der Waals surface area contributed by atoms with Crippen molar-refractivity contribution in [3.8, 4) is 0 Å². The quantitative estimate of drug-likeness (QED) is 0.0197. The lowest BCUT2D eigenvalue weighted by molar-refractivity contribution is -0.161. The van der Waals surface area contributed by atoms with Crippen LogP contribution in [-0.2, 0) is 42.2 Å². The molecule has 0 radical (unpaired) electrons. The Balaban J connectivity index is 4.73. The molecule has 0 aliphatic carbocycles. The summed E-state index contributed by atoms with van der Waals surface area (Å²) in [6, 6.07) is 0. The number of aliphatic hydroxyl groups is 1. The third-order valence-electron chi connectivity index (χ3n) is 14.7. The first-order valence-corrected chi connectivity index (χ1v) is 35.3. The molecular weight excluding hydrogens is 1050 g/mol. The maximum Gasteiger partial charge on any atom is 0.472 e. The Labute approximate surface area is 503 Å². The summed E-state index contributed by atoms with van der Waals surface area (Å²) in [5, 5.41) is 9.87. The topological polar surface area (TPSA) is 155 Å². The first-order chi connectivity index (χ1) is 40.2. The third kappa shape index (κ3) is 61.5. The average Bonchev–Trinajstić information content (AvgIpc) is 3.50. The Hall–Kier alpha value is -3.08. The second kappa shape index (κ2) is 63.9. The van der Waals surface area contributed by atoms with E-state index >= 15 is 0 Å². The Morgan fingerprint density at radius 2 is 0.634 bits per heavy atom. The number of allylic oxidation sites excluding steroid dienone is 12. The fraction of sp³-hybridized carbons (Fsp3) is 0.786. The van der Waals surface area contributed by atoms with Gasteiger partial charge in [0.15, 0.2) is 6.10 Å². The number of hydrogen-bond donors (Lipinski definition) is 2. The molecule has 12 heteroatoms. The minimum absolute atomic E-state index is 0.0439. The number of carbonyl (C=O) groups excluding carboxylic acids is 3. The molecular formula is C70H125O11P. The minimum Gasteiger partial charge on any atom is -0.462 e. The lowest BCUT2D eigenvalue weighted by Crippen LogP contribution is -2.30. The molecule has 0 rings (SSSR count). The van der Waals surface area contributed by atoms with Crippen molar-refractivity contribution in [1.82, 2.24) is 0 Å². The number of ether oxygens (including phenoxy) is 3. The zero-order valence-electron chi connectivity index (χ0n) is 53.0. The minimum atomic E-state index is -4.77. The number of rotatable bonds is 63. The molecule has 2 N–H and O–H groups in total. The van der Waals surface area contributed by atoms with Crippen molar-refractivity contribution in [3.63, 3.8) is 0 Å². The number of phosphoric acid groups is 1. The van der Waals surface area contributed by atoms with Gasteiger partial charge in [0.1, 0.15) is 12.7 Å². The summed E-state index contributed by atoms with van der Waals surface area (Å²) >= 11 is 0. The van der Waals surface area contributed by atoms with Crippen molar-refractivity contribution in [1.29, 1.82) is 0 Å². The Bertz CT molecular complexity index is 1650. The van der Waals surface area contributed by atoms with Crippen molar-refractivity contribution >= 4 is 25.7 Å². The van der Waals surface area contributed by atoms with Crippen molar-refractivity contribution in [2.45, 2.75) is 328 Å². The second-order valence-electron chi connectivity index (χ2n) is 22.6. The lowest BCUT2D eigenvalue weighted by atomic mass is 10.0. The molecule has 3 atom stereocenters. The van der Waals surface area contributed by atoms with Crippen molar-refractivity contribution in [2.24, 2.45) is 0 Å². The van der Waals surface area contributed by atoms with Gasteiger partial charge in [0.25, 0.3) is 0 Å². The molecule has 0 aromatic heterocycles. The first kappa shape index (κ1) is 78.9. The summed E-state index contributed by atoms with van der Waals surface area (Å²) in [4.78, 5) is 48.8. The fourth-order valence-corrected chi connectivity index (χ4v) is 10.3. The fourth-order valence-electron chi connectivity index (χ4n) is 9.56. The molecule has 82 heavy (non-hydrogen) atoms.